The summed E-state index contributed by atoms with van der Waals surface area (Å²) in [5.74, 6) is -0.242. The molecule has 5 nitrogen and oxygen atoms in total. The van der Waals surface area contributed by atoms with Crippen LogP contribution in [0.1, 0.15) is 52.3 Å². The maximum atomic E-state index is 11.1. The molecule has 1 aliphatic carbocycles. The molecule has 5 heteroatoms. The number of aliphatic carboxylic acids is 1. The molecule has 1 aliphatic rings. The van der Waals surface area contributed by atoms with E-state index in [9.17, 15) is 4.79 Å². The Labute approximate surface area is 107 Å². The molecule has 2 unspecified atom stereocenters. The van der Waals surface area contributed by atoms with Gasteiger partial charge in [0.05, 0.1) is 11.8 Å². The van der Waals surface area contributed by atoms with Crippen LogP contribution in [0.5, 0.6) is 0 Å². The summed E-state index contributed by atoms with van der Waals surface area (Å²) in [6.07, 6.45) is 0.724. The highest BCUT2D eigenvalue weighted by atomic mass is 16.5. The molecule has 0 bridgehead atoms. The van der Waals surface area contributed by atoms with Crippen molar-refractivity contribution in [3.63, 3.8) is 0 Å². The second kappa shape index (κ2) is 3.80. The Morgan fingerprint density at radius 2 is 2.06 bits per heavy atom. The molecule has 0 aromatic carbocycles. The van der Waals surface area contributed by atoms with Crippen molar-refractivity contribution in [1.29, 1.82) is 0 Å². The summed E-state index contributed by atoms with van der Waals surface area (Å²) in [4.78, 5) is 15.5. The van der Waals surface area contributed by atoms with Gasteiger partial charge in [-0.05, 0) is 10.8 Å². The Bertz CT molecular complexity index is 471. The molecular weight excluding hydrogens is 232 g/mol. The molecule has 0 radical (unpaired) electrons. The van der Waals surface area contributed by atoms with Gasteiger partial charge in [0, 0.05) is 6.42 Å². The predicted octanol–water partition coefficient (Wildman–Crippen LogP) is 2.48. The van der Waals surface area contributed by atoms with Crippen LogP contribution in [0.3, 0.4) is 0 Å². The van der Waals surface area contributed by atoms with Crippen LogP contribution in [0.4, 0.5) is 0 Å². The van der Waals surface area contributed by atoms with Crippen LogP contribution in [0.2, 0.25) is 0 Å². The van der Waals surface area contributed by atoms with E-state index in [1.807, 2.05) is 13.8 Å². The first-order valence-electron chi connectivity index (χ1n) is 6.18. The number of rotatable bonds is 3. The molecule has 1 heterocycles. The molecule has 1 N–H and O–H groups in total. The fraction of sp³-hybridized carbons (Fsp3) is 0.769. The molecule has 0 aliphatic heterocycles. The first-order valence-corrected chi connectivity index (χ1v) is 6.18. The molecule has 1 fully saturated rings. The van der Waals surface area contributed by atoms with Crippen LogP contribution >= 0.6 is 0 Å². The molecule has 100 valence electrons. The number of hydrogen-bond donors (Lipinski definition) is 1. The zero-order valence-electron chi connectivity index (χ0n) is 11.5. The number of hydrogen-bond acceptors (Lipinski definition) is 4. The van der Waals surface area contributed by atoms with Crippen LogP contribution in [-0.4, -0.2) is 21.2 Å². The fourth-order valence-corrected chi connectivity index (χ4v) is 2.50. The summed E-state index contributed by atoms with van der Waals surface area (Å²) in [7, 11) is 0. The Morgan fingerprint density at radius 3 is 2.50 bits per heavy atom. The van der Waals surface area contributed by atoms with Crippen LogP contribution < -0.4 is 0 Å². The maximum Gasteiger partial charge on any atom is 0.307 e. The highest BCUT2D eigenvalue weighted by Crippen LogP contribution is 2.64. The second-order valence-corrected chi connectivity index (χ2v) is 6.90. The van der Waals surface area contributed by atoms with Gasteiger partial charge in [0.15, 0.2) is 5.82 Å². The van der Waals surface area contributed by atoms with Crippen molar-refractivity contribution in [3.8, 4) is 0 Å². The third kappa shape index (κ3) is 2.26. The normalized spacial score (nSPS) is 26.1. The SMILES string of the molecule is CC(C)(C)Cc1noc(C2C(C(=O)O)C2(C)C)n1. The lowest BCUT2D eigenvalue weighted by Crippen LogP contribution is -2.10. The minimum atomic E-state index is -0.791. The fourth-order valence-electron chi connectivity index (χ4n) is 2.50. The van der Waals surface area contributed by atoms with Gasteiger partial charge in [0.2, 0.25) is 5.89 Å². The van der Waals surface area contributed by atoms with Crippen molar-refractivity contribution in [2.75, 3.05) is 0 Å². The van der Waals surface area contributed by atoms with Gasteiger partial charge in [0.1, 0.15) is 0 Å². The van der Waals surface area contributed by atoms with Crippen LogP contribution in [0, 0.1) is 16.7 Å². The Kier molecular flexibility index (Phi) is 2.76. The average Bonchev–Trinajstić information content (AvgIpc) is 2.50. The van der Waals surface area contributed by atoms with E-state index in [2.05, 4.69) is 30.9 Å². The second-order valence-electron chi connectivity index (χ2n) is 6.90. The van der Waals surface area contributed by atoms with Crippen LogP contribution in [0.25, 0.3) is 0 Å². The molecule has 2 atom stereocenters. The Morgan fingerprint density at radius 1 is 1.44 bits per heavy atom. The van der Waals surface area contributed by atoms with Crippen molar-refractivity contribution in [1.82, 2.24) is 10.1 Å². The summed E-state index contributed by atoms with van der Waals surface area (Å²) in [6.45, 7) is 10.1. The molecule has 0 saturated heterocycles. The van der Waals surface area contributed by atoms with Crippen molar-refractivity contribution in [2.45, 2.75) is 47.0 Å². The van der Waals surface area contributed by atoms with Gasteiger partial charge in [-0.25, -0.2) is 0 Å². The lowest BCUT2D eigenvalue weighted by molar-refractivity contribution is -0.139. The molecular formula is C13H20N2O3. The molecule has 1 aromatic heterocycles. The monoisotopic (exact) mass is 252 g/mol. The van der Waals surface area contributed by atoms with E-state index in [-0.39, 0.29) is 16.7 Å². The number of carboxylic acid groups (broad SMARTS) is 1. The van der Waals surface area contributed by atoms with Gasteiger partial charge < -0.3 is 9.63 Å². The van der Waals surface area contributed by atoms with Crippen LogP contribution in [0.15, 0.2) is 4.52 Å². The Hall–Kier alpha value is -1.39. The molecule has 2 rings (SSSR count). The third-order valence-electron chi connectivity index (χ3n) is 3.53. The van der Waals surface area contributed by atoms with Gasteiger partial charge in [0.25, 0.3) is 0 Å². The summed E-state index contributed by atoms with van der Waals surface area (Å²) in [5.41, 5.74) is -0.205. The highest BCUT2D eigenvalue weighted by Gasteiger charge is 2.65. The standard InChI is InChI=1S/C13H20N2O3/c1-12(2,3)6-7-14-10(18-15-7)8-9(11(16)17)13(8,4)5/h8-9H,6H2,1-5H3,(H,16,17). The maximum absolute atomic E-state index is 11.1. The zero-order valence-corrected chi connectivity index (χ0v) is 11.5. The number of nitrogens with zero attached hydrogens (tertiary/aromatic N) is 2. The minimum absolute atomic E-state index is 0.0897. The minimum Gasteiger partial charge on any atom is -0.481 e. The van der Waals surface area contributed by atoms with E-state index >= 15 is 0 Å². The molecule has 1 saturated carbocycles. The lowest BCUT2D eigenvalue weighted by Gasteiger charge is -2.14. The summed E-state index contributed by atoms with van der Waals surface area (Å²) < 4.78 is 5.23. The molecule has 1 aromatic rings. The van der Waals surface area contributed by atoms with E-state index in [1.54, 1.807) is 0 Å². The summed E-state index contributed by atoms with van der Waals surface area (Å²) in [5, 5.41) is 13.1. The first-order chi connectivity index (χ1) is 8.13. The zero-order chi connectivity index (χ0) is 13.7. The topological polar surface area (TPSA) is 76.2 Å². The Balaban J connectivity index is 2.15. The van der Waals surface area contributed by atoms with Crippen molar-refractivity contribution >= 4 is 5.97 Å². The molecule has 0 amide bonds. The lowest BCUT2D eigenvalue weighted by atomic mass is 9.92. The van der Waals surface area contributed by atoms with Gasteiger partial charge in [-0.15, -0.1) is 0 Å². The van der Waals surface area contributed by atoms with Gasteiger partial charge in [-0.3, -0.25) is 4.79 Å². The summed E-state index contributed by atoms with van der Waals surface area (Å²) >= 11 is 0. The molecule has 0 spiro atoms. The highest BCUT2D eigenvalue weighted by molar-refractivity contribution is 5.77. The number of aromatic nitrogens is 2. The largest absolute Gasteiger partial charge is 0.481 e. The molecule has 18 heavy (non-hydrogen) atoms. The predicted molar refractivity (Wildman–Crippen MR) is 65.1 cm³/mol. The smallest absolute Gasteiger partial charge is 0.307 e. The van der Waals surface area contributed by atoms with Crippen molar-refractivity contribution in [3.05, 3.63) is 11.7 Å². The van der Waals surface area contributed by atoms with E-state index < -0.39 is 11.9 Å². The van der Waals surface area contributed by atoms with Gasteiger partial charge in [-0.1, -0.05) is 39.8 Å². The van der Waals surface area contributed by atoms with Crippen molar-refractivity contribution < 1.29 is 14.4 Å². The van der Waals surface area contributed by atoms with E-state index in [1.165, 1.54) is 0 Å². The van der Waals surface area contributed by atoms with Crippen LogP contribution in [-0.2, 0) is 11.2 Å². The first kappa shape index (κ1) is 13.1. The third-order valence-corrected chi connectivity index (χ3v) is 3.53. The van der Waals surface area contributed by atoms with Gasteiger partial charge >= 0.3 is 5.97 Å². The van der Waals surface area contributed by atoms with E-state index in [0.717, 1.165) is 6.42 Å². The number of carboxylic acids is 1. The average molecular weight is 252 g/mol. The van der Waals surface area contributed by atoms with Crippen molar-refractivity contribution in [2.24, 2.45) is 16.7 Å². The van der Waals surface area contributed by atoms with Gasteiger partial charge in [-0.2, -0.15) is 4.98 Å². The number of carbonyl (C=O) groups is 1. The summed E-state index contributed by atoms with van der Waals surface area (Å²) in [6, 6.07) is 0. The van der Waals surface area contributed by atoms with E-state index in [0.29, 0.717) is 11.7 Å². The quantitative estimate of drug-likeness (QED) is 0.894. The van der Waals surface area contributed by atoms with E-state index in [4.69, 9.17) is 9.63 Å².